The van der Waals surface area contributed by atoms with Crippen LogP contribution < -0.4 is 19.1 Å². The van der Waals surface area contributed by atoms with Gasteiger partial charge in [0.05, 0.1) is 35.9 Å². The summed E-state index contributed by atoms with van der Waals surface area (Å²) in [5, 5.41) is 12.9. The monoisotopic (exact) mass is 712 g/mol. The number of nitrogens with one attached hydrogen (secondary N) is 1. The Morgan fingerprint density at radius 2 is 1.69 bits per heavy atom. The van der Waals surface area contributed by atoms with Crippen molar-refractivity contribution in [2.45, 2.75) is 56.1 Å². The van der Waals surface area contributed by atoms with E-state index in [4.69, 9.17) is 9.47 Å². The molecule has 1 spiro atoms. The van der Waals surface area contributed by atoms with Crippen molar-refractivity contribution in [3.63, 3.8) is 0 Å². The third-order valence-electron chi connectivity index (χ3n) is 10.9. The fourth-order valence-corrected chi connectivity index (χ4v) is 9.71. The molecule has 268 valence electrons. The summed E-state index contributed by atoms with van der Waals surface area (Å²) in [7, 11) is -3.03. The topological polar surface area (TPSA) is 136 Å². The summed E-state index contributed by atoms with van der Waals surface area (Å²) in [6, 6.07) is 19.6. The maximum Gasteiger partial charge on any atom is 0.318 e. The maximum atomic E-state index is 15.1. The van der Waals surface area contributed by atoms with Gasteiger partial charge >= 0.3 is 6.03 Å². The van der Waals surface area contributed by atoms with E-state index in [1.807, 2.05) is 0 Å². The predicted octanol–water partition coefficient (Wildman–Crippen LogP) is 4.14. The van der Waals surface area contributed by atoms with Crippen molar-refractivity contribution in [1.29, 1.82) is 5.26 Å². The van der Waals surface area contributed by atoms with Gasteiger partial charge in [0.2, 0.25) is 0 Å². The smallest absolute Gasteiger partial charge is 0.318 e. The van der Waals surface area contributed by atoms with Crippen LogP contribution in [0.2, 0.25) is 0 Å². The molecule has 0 aromatic heterocycles. The van der Waals surface area contributed by atoms with E-state index in [9.17, 15) is 18.5 Å². The molecule has 0 aliphatic carbocycles. The van der Waals surface area contributed by atoms with E-state index in [1.165, 1.54) is 49.6 Å². The lowest BCUT2D eigenvalue weighted by molar-refractivity contribution is -0.124. The summed E-state index contributed by atoms with van der Waals surface area (Å²) in [4.78, 5) is 36.0. The first-order valence-corrected chi connectivity index (χ1v) is 19.0. The number of hydrogen-bond acceptors (Lipinski definition) is 9. The minimum atomic E-state index is -4.51. The zero-order chi connectivity index (χ0) is 36.1. The number of urea groups is 1. The fourth-order valence-electron chi connectivity index (χ4n) is 8.25. The van der Waals surface area contributed by atoms with Gasteiger partial charge in [0.25, 0.3) is 15.9 Å². The molecule has 1 N–H and O–H groups in total. The third kappa shape index (κ3) is 5.79. The van der Waals surface area contributed by atoms with Gasteiger partial charge in [-0.2, -0.15) is 9.57 Å². The SMILES string of the molecule is CCOc1ccccc1C1(NC(=O)N2CC3(C2)CN(C2CCN(C(C)C)CC2)C3)C(=O)N(S(=O)(=O)c2ccc(OC)cc2)c2ccc(C#N)cc21. The van der Waals surface area contributed by atoms with E-state index in [1.54, 1.807) is 36.1 Å². The van der Waals surface area contributed by atoms with Crippen LogP contribution in [-0.2, 0) is 20.4 Å². The standard InChI is InChI=1S/C38H44N6O6S/c1-5-50-34-9-7-6-8-31(34)38(40-36(46)43-24-37(25-43)22-42(23-37)28-16-18-41(19-17-28)26(2)3)32-20-27(21-39)10-15-33(32)44(35(38)45)51(47,48)30-13-11-29(49-4)12-14-30/h6-15,20,26,28H,5,16-19,22-25H2,1-4H3,(H,40,46). The molecule has 0 bridgehead atoms. The number of anilines is 1. The summed E-state index contributed by atoms with van der Waals surface area (Å²) in [6.45, 7) is 11.6. The highest BCUT2D eigenvalue weighted by Crippen LogP contribution is 2.50. The number of fused-ring (bicyclic) bond motifs is 1. The number of methoxy groups -OCH3 is 1. The highest BCUT2D eigenvalue weighted by atomic mass is 32.2. The van der Waals surface area contributed by atoms with Crippen LogP contribution in [0.15, 0.2) is 71.6 Å². The number of nitriles is 1. The molecule has 51 heavy (non-hydrogen) atoms. The number of sulfonamides is 1. The van der Waals surface area contributed by atoms with E-state index < -0.39 is 27.5 Å². The zero-order valence-electron chi connectivity index (χ0n) is 29.5. The molecule has 13 heteroatoms. The Morgan fingerprint density at radius 1 is 1.00 bits per heavy atom. The average molecular weight is 713 g/mol. The number of carbonyl (C=O) groups excluding carboxylic acids is 2. The molecule has 3 aromatic carbocycles. The second kappa shape index (κ2) is 13.2. The van der Waals surface area contributed by atoms with Crippen LogP contribution in [0.5, 0.6) is 11.5 Å². The number of ether oxygens (including phenoxy) is 2. The van der Waals surface area contributed by atoms with E-state index in [-0.39, 0.29) is 39.3 Å². The summed E-state index contributed by atoms with van der Waals surface area (Å²) in [5.41, 5.74) is -1.34. The van der Waals surface area contributed by atoms with E-state index in [0.717, 1.165) is 43.3 Å². The van der Waals surface area contributed by atoms with Crippen LogP contribution >= 0.6 is 0 Å². The average Bonchev–Trinajstić information content (AvgIpc) is 3.35. The Labute approximate surface area is 299 Å². The van der Waals surface area contributed by atoms with Crippen molar-refractivity contribution in [3.05, 3.63) is 83.4 Å². The Balaban J connectivity index is 1.21. The van der Waals surface area contributed by atoms with E-state index in [0.29, 0.717) is 36.7 Å². The molecule has 3 fully saturated rings. The third-order valence-corrected chi connectivity index (χ3v) is 12.6. The molecule has 1 unspecified atom stereocenters. The number of amides is 3. The van der Waals surface area contributed by atoms with Gasteiger partial charge in [-0.3, -0.25) is 9.69 Å². The van der Waals surface area contributed by atoms with E-state index >= 15 is 4.79 Å². The lowest BCUT2D eigenvalue weighted by Gasteiger charge is -2.62. The minimum Gasteiger partial charge on any atom is -0.497 e. The Bertz CT molecular complexity index is 1970. The Kier molecular flexibility index (Phi) is 8.98. The van der Waals surface area contributed by atoms with Crippen molar-refractivity contribution in [2.24, 2.45) is 5.41 Å². The molecule has 4 heterocycles. The minimum absolute atomic E-state index is 0.00176. The molecule has 12 nitrogen and oxygen atoms in total. The molecule has 0 saturated carbocycles. The molecular weight excluding hydrogens is 669 g/mol. The predicted molar refractivity (Wildman–Crippen MR) is 191 cm³/mol. The number of piperidine rings is 1. The van der Waals surface area contributed by atoms with Gasteiger partial charge in [-0.15, -0.1) is 0 Å². The van der Waals surface area contributed by atoms with Gasteiger partial charge in [0.1, 0.15) is 11.5 Å². The summed E-state index contributed by atoms with van der Waals surface area (Å²) < 4.78 is 40.7. The second-order valence-corrected chi connectivity index (χ2v) is 16.1. The molecule has 1 atom stereocenters. The molecule has 4 aliphatic rings. The van der Waals surface area contributed by atoms with Gasteiger partial charge in [-0.05, 0) is 95.2 Å². The molecule has 3 amide bonds. The normalized spacial score (nSPS) is 21.9. The summed E-state index contributed by atoms with van der Waals surface area (Å²) in [5.74, 6) is -0.142. The highest BCUT2D eigenvalue weighted by Gasteiger charge is 2.60. The number of hydrogen-bond donors (Lipinski definition) is 1. The summed E-state index contributed by atoms with van der Waals surface area (Å²) >= 11 is 0. The van der Waals surface area contributed by atoms with Gasteiger partial charge in [-0.1, -0.05) is 18.2 Å². The van der Waals surface area contributed by atoms with Crippen LogP contribution in [0.4, 0.5) is 10.5 Å². The second-order valence-electron chi connectivity index (χ2n) is 14.3. The first-order valence-electron chi connectivity index (χ1n) is 17.5. The molecular formula is C38H44N6O6S. The van der Waals surface area contributed by atoms with Gasteiger partial charge in [0, 0.05) is 54.8 Å². The molecule has 3 saturated heterocycles. The first-order chi connectivity index (χ1) is 24.5. The summed E-state index contributed by atoms with van der Waals surface area (Å²) in [6.07, 6.45) is 2.28. The number of rotatable bonds is 9. The number of benzene rings is 3. The van der Waals surface area contributed by atoms with E-state index in [2.05, 4.69) is 35.0 Å². The fraction of sp³-hybridized carbons (Fsp3) is 0.447. The van der Waals surface area contributed by atoms with Crippen LogP contribution in [0, 0.1) is 16.7 Å². The Hall–Kier alpha value is -4.64. The van der Waals surface area contributed by atoms with Gasteiger partial charge < -0.3 is 24.6 Å². The van der Waals surface area contributed by atoms with Crippen LogP contribution in [0.3, 0.4) is 0 Å². The largest absolute Gasteiger partial charge is 0.497 e. The molecule has 7 rings (SSSR count). The highest BCUT2D eigenvalue weighted by molar-refractivity contribution is 7.93. The van der Waals surface area contributed by atoms with Crippen molar-refractivity contribution < 1.29 is 27.5 Å². The lowest BCUT2D eigenvalue weighted by atomic mass is 9.71. The van der Waals surface area contributed by atoms with Crippen molar-refractivity contribution in [1.82, 2.24) is 20.0 Å². The van der Waals surface area contributed by atoms with Crippen molar-refractivity contribution in [3.8, 4) is 17.6 Å². The van der Waals surface area contributed by atoms with Crippen LogP contribution in [-0.4, -0.2) is 100 Å². The number of para-hydroxylation sites is 1. The van der Waals surface area contributed by atoms with Crippen LogP contribution in [0.1, 0.15) is 50.3 Å². The van der Waals surface area contributed by atoms with Crippen LogP contribution in [0.25, 0.3) is 0 Å². The number of carbonyl (C=O) groups is 2. The van der Waals surface area contributed by atoms with Crippen molar-refractivity contribution >= 4 is 27.6 Å². The molecule has 0 radical (unpaired) electrons. The zero-order valence-corrected chi connectivity index (χ0v) is 30.3. The van der Waals surface area contributed by atoms with Crippen molar-refractivity contribution in [2.75, 3.05) is 57.3 Å². The maximum absolute atomic E-state index is 15.1. The molecule has 4 aliphatic heterocycles. The van der Waals surface area contributed by atoms with Gasteiger partial charge in [-0.25, -0.2) is 13.2 Å². The Morgan fingerprint density at radius 3 is 2.31 bits per heavy atom. The quantitative estimate of drug-likeness (QED) is 0.347. The van der Waals surface area contributed by atoms with Gasteiger partial charge in [0.15, 0.2) is 5.54 Å². The number of likely N-dealkylation sites (tertiary alicyclic amines) is 3. The number of nitrogens with zero attached hydrogens (tertiary/aromatic N) is 5. The lowest BCUT2D eigenvalue weighted by Crippen LogP contribution is -2.76. The molecule has 3 aromatic rings. The first kappa shape index (κ1) is 34.8.